The second-order valence-electron chi connectivity index (χ2n) is 5.51. The summed E-state index contributed by atoms with van der Waals surface area (Å²) in [5.74, 6) is 0. The summed E-state index contributed by atoms with van der Waals surface area (Å²) in [6, 6.07) is 0. The maximum atomic E-state index is 8.83. The minimum absolute atomic E-state index is 0.00906. The Morgan fingerprint density at radius 1 is 0.944 bits per heavy atom. The molecule has 0 aromatic heterocycles. The molecule has 3 atom stereocenters. The van der Waals surface area contributed by atoms with Gasteiger partial charge in [-0.3, -0.25) is 0 Å². The molecule has 0 aromatic rings. The third-order valence-corrected chi connectivity index (χ3v) is 2.86. The van der Waals surface area contributed by atoms with E-state index in [1.54, 1.807) is 0 Å². The van der Waals surface area contributed by atoms with Crippen molar-refractivity contribution in [2.45, 2.75) is 71.9 Å². The van der Waals surface area contributed by atoms with Gasteiger partial charge >= 0.3 is 0 Å². The lowest BCUT2D eigenvalue weighted by molar-refractivity contribution is -0.116. The maximum Gasteiger partial charge on any atom is 0.0787 e. The summed E-state index contributed by atoms with van der Waals surface area (Å²) in [5.41, 5.74) is -0.103. The first-order valence-corrected chi connectivity index (χ1v) is 6.82. The molecule has 0 fully saturated rings. The molecule has 4 heteroatoms. The molecule has 4 nitrogen and oxygen atoms in total. The zero-order valence-corrected chi connectivity index (χ0v) is 12.7. The predicted molar refractivity (Wildman–Crippen MR) is 72.8 cm³/mol. The Bertz CT molecular complexity index is 206. The second-order valence-corrected chi connectivity index (χ2v) is 5.51. The van der Waals surface area contributed by atoms with Crippen LogP contribution < -0.4 is 0 Å². The van der Waals surface area contributed by atoms with Crippen LogP contribution >= 0.6 is 0 Å². The summed E-state index contributed by atoms with van der Waals surface area (Å²) in [6.07, 6.45) is 0.917. The molecule has 0 aliphatic heterocycles. The van der Waals surface area contributed by atoms with Crippen LogP contribution in [-0.2, 0) is 14.2 Å². The van der Waals surface area contributed by atoms with Crippen LogP contribution in [0.4, 0.5) is 0 Å². The van der Waals surface area contributed by atoms with Gasteiger partial charge in [-0.25, -0.2) is 0 Å². The Kier molecular flexibility index (Phi) is 8.78. The van der Waals surface area contributed by atoms with E-state index in [2.05, 4.69) is 20.8 Å². The average molecular weight is 262 g/mol. The molecule has 0 saturated heterocycles. The fraction of sp³-hybridized carbons (Fsp3) is 1.00. The number of aliphatic hydroxyl groups excluding tert-OH is 1. The van der Waals surface area contributed by atoms with Crippen molar-refractivity contribution >= 4 is 0 Å². The van der Waals surface area contributed by atoms with Crippen LogP contribution in [0.2, 0.25) is 0 Å². The molecule has 0 radical (unpaired) electrons. The molecular weight excluding hydrogens is 232 g/mol. The highest BCUT2D eigenvalue weighted by molar-refractivity contribution is 4.68. The van der Waals surface area contributed by atoms with E-state index >= 15 is 0 Å². The molecular formula is C14H30O4. The van der Waals surface area contributed by atoms with E-state index in [9.17, 15) is 0 Å². The van der Waals surface area contributed by atoms with Crippen LogP contribution in [0.5, 0.6) is 0 Å². The van der Waals surface area contributed by atoms with Crippen LogP contribution in [0, 0.1) is 0 Å². The van der Waals surface area contributed by atoms with Crippen molar-refractivity contribution in [3.05, 3.63) is 0 Å². The molecule has 0 aliphatic rings. The van der Waals surface area contributed by atoms with Crippen molar-refractivity contribution in [3.63, 3.8) is 0 Å². The minimum Gasteiger partial charge on any atom is -0.394 e. The highest BCUT2D eigenvalue weighted by Gasteiger charge is 2.19. The molecule has 1 N–H and O–H groups in total. The van der Waals surface area contributed by atoms with E-state index in [0.717, 1.165) is 6.42 Å². The van der Waals surface area contributed by atoms with E-state index < -0.39 is 0 Å². The van der Waals surface area contributed by atoms with Gasteiger partial charge in [0.1, 0.15) is 0 Å². The SMILES string of the molecule is CCC(C)(C)OC(C)COC(C)COC(C)CO. The summed E-state index contributed by atoms with van der Waals surface area (Å²) in [5, 5.41) is 8.83. The van der Waals surface area contributed by atoms with Crippen LogP contribution in [0.1, 0.15) is 48.0 Å². The van der Waals surface area contributed by atoms with Crippen molar-refractivity contribution in [3.8, 4) is 0 Å². The van der Waals surface area contributed by atoms with Crippen molar-refractivity contribution in [2.75, 3.05) is 19.8 Å². The molecule has 0 spiro atoms. The molecule has 110 valence electrons. The zero-order valence-electron chi connectivity index (χ0n) is 12.7. The van der Waals surface area contributed by atoms with E-state index in [4.69, 9.17) is 19.3 Å². The van der Waals surface area contributed by atoms with Gasteiger partial charge in [-0.05, 0) is 41.0 Å². The normalized spacial score (nSPS) is 17.5. The maximum absolute atomic E-state index is 8.83. The Labute approximate surface area is 112 Å². The molecule has 18 heavy (non-hydrogen) atoms. The molecule has 0 amide bonds. The fourth-order valence-electron chi connectivity index (χ4n) is 1.36. The van der Waals surface area contributed by atoms with E-state index in [1.165, 1.54) is 0 Å². The lowest BCUT2D eigenvalue weighted by Gasteiger charge is -2.28. The van der Waals surface area contributed by atoms with Crippen LogP contribution in [0.3, 0.4) is 0 Å². The molecule has 0 aliphatic carbocycles. The predicted octanol–water partition coefficient (Wildman–Crippen LogP) is 2.38. The molecule has 0 heterocycles. The van der Waals surface area contributed by atoms with Gasteiger partial charge in [0.05, 0.1) is 43.7 Å². The zero-order chi connectivity index (χ0) is 14.2. The standard InChI is InChI=1S/C14H30O4/c1-7-14(5,6)18-13(4)10-17-12(3)9-16-11(2)8-15/h11-13,15H,7-10H2,1-6H3. The quantitative estimate of drug-likeness (QED) is 0.656. The summed E-state index contributed by atoms with van der Waals surface area (Å²) < 4.78 is 16.9. The number of aliphatic hydroxyl groups is 1. The van der Waals surface area contributed by atoms with E-state index in [1.807, 2.05) is 20.8 Å². The molecule has 0 bridgehead atoms. The number of rotatable bonds is 10. The summed E-state index contributed by atoms with van der Waals surface area (Å²) >= 11 is 0. The van der Waals surface area contributed by atoms with Crippen LogP contribution in [-0.4, -0.2) is 48.8 Å². The summed E-state index contributed by atoms with van der Waals surface area (Å²) in [4.78, 5) is 0. The number of hydrogen-bond acceptors (Lipinski definition) is 4. The molecule has 0 aromatic carbocycles. The third-order valence-electron chi connectivity index (χ3n) is 2.86. The lowest BCUT2D eigenvalue weighted by Crippen LogP contribution is -2.32. The largest absolute Gasteiger partial charge is 0.394 e. The van der Waals surface area contributed by atoms with Gasteiger partial charge < -0.3 is 19.3 Å². The first-order chi connectivity index (χ1) is 8.30. The van der Waals surface area contributed by atoms with Crippen molar-refractivity contribution in [1.29, 1.82) is 0 Å². The van der Waals surface area contributed by atoms with E-state index in [0.29, 0.717) is 13.2 Å². The minimum atomic E-state index is -0.135. The van der Waals surface area contributed by atoms with E-state index in [-0.39, 0.29) is 30.5 Å². The van der Waals surface area contributed by atoms with Crippen molar-refractivity contribution < 1.29 is 19.3 Å². The number of hydrogen-bond donors (Lipinski definition) is 1. The highest BCUT2D eigenvalue weighted by atomic mass is 16.6. The van der Waals surface area contributed by atoms with Gasteiger partial charge in [0.25, 0.3) is 0 Å². The van der Waals surface area contributed by atoms with Gasteiger partial charge in [0.2, 0.25) is 0 Å². The summed E-state index contributed by atoms with van der Waals surface area (Å²) in [6.45, 7) is 13.2. The smallest absolute Gasteiger partial charge is 0.0787 e. The van der Waals surface area contributed by atoms with Gasteiger partial charge in [-0.1, -0.05) is 6.92 Å². The Balaban J connectivity index is 3.74. The number of ether oxygens (including phenoxy) is 3. The Morgan fingerprint density at radius 3 is 1.94 bits per heavy atom. The summed E-state index contributed by atoms with van der Waals surface area (Å²) in [7, 11) is 0. The Hall–Kier alpha value is -0.160. The van der Waals surface area contributed by atoms with Gasteiger partial charge in [-0.2, -0.15) is 0 Å². The van der Waals surface area contributed by atoms with Gasteiger partial charge in [0, 0.05) is 0 Å². The fourth-order valence-corrected chi connectivity index (χ4v) is 1.36. The average Bonchev–Trinajstić information content (AvgIpc) is 2.32. The van der Waals surface area contributed by atoms with Gasteiger partial charge in [0.15, 0.2) is 0 Å². The molecule has 0 saturated carbocycles. The van der Waals surface area contributed by atoms with Crippen molar-refractivity contribution in [1.82, 2.24) is 0 Å². The first-order valence-electron chi connectivity index (χ1n) is 6.82. The van der Waals surface area contributed by atoms with Crippen molar-refractivity contribution in [2.24, 2.45) is 0 Å². The van der Waals surface area contributed by atoms with Gasteiger partial charge in [-0.15, -0.1) is 0 Å². The molecule has 0 rings (SSSR count). The van der Waals surface area contributed by atoms with Crippen LogP contribution in [0.25, 0.3) is 0 Å². The lowest BCUT2D eigenvalue weighted by atomic mass is 10.1. The topological polar surface area (TPSA) is 47.9 Å². The second kappa shape index (κ2) is 8.86. The third kappa shape index (κ3) is 8.86. The molecule has 3 unspecified atom stereocenters. The highest BCUT2D eigenvalue weighted by Crippen LogP contribution is 2.16. The monoisotopic (exact) mass is 262 g/mol. The van der Waals surface area contributed by atoms with Crippen LogP contribution in [0.15, 0.2) is 0 Å². The Morgan fingerprint density at radius 2 is 1.44 bits per heavy atom. The first kappa shape index (κ1) is 17.8.